The highest BCUT2D eigenvalue weighted by atomic mass is 16.5. The van der Waals surface area contributed by atoms with E-state index < -0.39 is 0 Å². The molecule has 0 aromatic carbocycles. The number of carbonyl (C=O) groups excluding carboxylic acids is 1. The largest absolute Gasteiger partial charge is 0.379 e. The normalized spacial score (nSPS) is 40.1. The number of hydrogen-bond acceptors (Lipinski definition) is 3. The van der Waals surface area contributed by atoms with Gasteiger partial charge in [-0.15, -0.1) is 0 Å². The average molecular weight is 475 g/mol. The van der Waals surface area contributed by atoms with Crippen LogP contribution in [-0.4, -0.2) is 30.7 Å². The predicted octanol–water partition coefficient (Wildman–Crippen LogP) is 8.14. The van der Waals surface area contributed by atoms with E-state index in [9.17, 15) is 4.79 Å². The molecule has 0 saturated heterocycles. The lowest BCUT2D eigenvalue weighted by Crippen LogP contribution is -2.40. The summed E-state index contributed by atoms with van der Waals surface area (Å²) in [6.07, 6.45) is 20.8. The van der Waals surface area contributed by atoms with Crippen molar-refractivity contribution in [3.8, 4) is 0 Å². The molecule has 3 nitrogen and oxygen atoms in total. The SMILES string of the molecule is CCOC1CCC(C(C)(C)C2CCC(OC3CCC(C(=O)C4CCC(C)CC4)CC3)CC2)CC1. The van der Waals surface area contributed by atoms with Gasteiger partial charge in [0.25, 0.3) is 0 Å². The molecule has 4 aliphatic rings. The molecule has 4 rings (SSSR count). The molecule has 4 aliphatic carbocycles. The maximum atomic E-state index is 13.0. The van der Waals surface area contributed by atoms with E-state index in [4.69, 9.17) is 9.47 Å². The minimum absolute atomic E-state index is 0.326. The van der Waals surface area contributed by atoms with Crippen molar-refractivity contribution in [1.29, 1.82) is 0 Å². The van der Waals surface area contributed by atoms with E-state index in [1.54, 1.807) is 0 Å². The molecule has 0 atom stereocenters. The van der Waals surface area contributed by atoms with E-state index in [-0.39, 0.29) is 0 Å². The molecule has 0 spiro atoms. The van der Waals surface area contributed by atoms with Gasteiger partial charge in [0, 0.05) is 18.4 Å². The summed E-state index contributed by atoms with van der Waals surface area (Å²) < 4.78 is 12.5. The van der Waals surface area contributed by atoms with Crippen molar-refractivity contribution < 1.29 is 14.3 Å². The van der Waals surface area contributed by atoms with Crippen LogP contribution in [0.3, 0.4) is 0 Å². The molecular weight excluding hydrogens is 420 g/mol. The van der Waals surface area contributed by atoms with E-state index in [0.717, 1.165) is 62.9 Å². The van der Waals surface area contributed by atoms with Crippen LogP contribution in [0.1, 0.15) is 130 Å². The van der Waals surface area contributed by atoms with Crippen molar-refractivity contribution in [2.75, 3.05) is 6.61 Å². The zero-order valence-electron chi connectivity index (χ0n) is 22.9. The summed E-state index contributed by atoms with van der Waals surface area (Å²) in [5, 5.41) is 0. The summed E-state index contributed by atoms with van der Waals surface area (Å²) in [5.41, 5.74) is 0.442. The lowest BCUT2D eigenvalue weighted by molar-refractivity contribution is -0.131. The number of rotatable bonds is 8. The van der Waals surface area contributed by atoms with Gasteiger partial charge >= 0.3 is 0 Å². The van der Waals surface area contributed by atoms with Crippen molar-refractivity contribution in [3.05, 3.63) is 0 Å². The quantitative estimate of drug-likeness (QED) is 0.356. The topological polar surface area (TPSA) is 35.5 Å². The second-order valence-corrected chi connectivity index (χ2v) is 13.2. The smallest absolute Gasteiger partial charge is 0.139 e. The van der Waals surface area contributed by atoms with Crippen molar-refractivity contribution in [2.24, 2.45) is 35.0 Å². The Hall–Kier alpha value is -0.410. The molecule has 34 heavy (non-hydrogen) atoms. The Morgan fingerprint density at radius 2 is 1.06 bits per heavy atom. The van der Waals surface area contributed by atoms with Gasteiger partial charge < -0.3 is 9.47 Å². The minimum Gasteiger partial charge on any atom is -0.379 e. The molecule has 0 radical (unpaired) electrons. The Balaban J connectivity index is 1.15. The van der Waals surface area contributed by atoms with E-state index in [1.165, 1.54) is 64.2 Å². The van der Waals surface area contributed by atoms with Crippen LogP contribution < -0.4 is 0 Å². The molecule has 196 valence electrons. The van der Waals surface area contributed by atoms with E-state index in [1.807, 2.05) is 0 Å². The maximum Gasteiger partial charge on any atom is 0.139 e. The van der Waals surface area contributed by atoms with Gasteiger partial charge in [-0.25, -0.2) is 0 Å². The van der Waals surface area contributed by atoms with Gasteiger partial charge in [0.05, 0.1) is 18.3 Å². The highest BCUT2D eigenvalue weighted by Crippen LogP contribution is 2.49. The molecule has 3 heteroatoms. The zero-order valence-corrected chi connectivity index (χ0v) is 22.9. The van der Waals surface area contributed by atoms with Crippen molar-refractivity contribution in [3.63, 3.8) is 0 Å². The first-order chi connectivity index (χ1) is 16.4. The molecule has 4 fully saturated rings. The number of hydrogen-bond donors (Lipinski definition) is 0. The lowest BCUT2D eigenvalue weighted by atomic mass is 9.60. The summed E-state index contributed by atoms with van der Waals surface area (Å²) in [7, 11) is 0. The first-order valence-corrected chi connectivity index (χ1v) is 15.2. The molecule has 4 saturated carbocycles. The Morgan fingerprint density at radius 3 is 1.53 bits per heavy atom. The van der Waals surface area contributed by atoms with Crippen molar-refractivity contribution in [2.45, 2.75) is 149 Å². The zero-order chi connectivity index (χ0) is 24.1. The van der Waals surface area contributed by atoms with Crippen LogP contribution in [0, 0.1) is 35.0 Å². The molecule has 0 aromatic heterocycles. The van der Waals surface area contributed by atoms with Crippen LogP contribution in [0.15, 0.2) is 0 Å². The second-order valence-electron chi connectivity index (χ2n) is 13.2. The summed E-state index contributed by atoms with van der Waals surface area (Å²) in [5.74, 6) is 3.81. The second kappa shape index (κ2) is 12.2. The molecule has 0 N–H and O–H groups in total. The van der Waals surface area contributed by atoms with Crippen LogP contribution in [0.4, 0.5) is 0 Å². The summed E-state index contributed by atoms with van der Waals surface area (Å²) >= 11 is 0. The number of ether oxygens (including phenoxy) is 2. The van der Waals surface area contributed by atoms with Crippen LogP contribution >= 0.6 is 0 Å². The van der Waals surface area contributed by atoms with Gasteiger partial charge in [-0.1, -0.05) is 33.6 Å². The Kier molecular flexibility index (Phi) is 9.58. The Morgan fingerprint density at radius 1 is 0.647 bits per heavy atom. The van der Waals surface area contributed by atoms with Gasteiger partial charge in [-0.05, 0) is 120 Å². The molecule has 0 bridgehead atoms. The Bertz CT molecular complexity index is 611. The summed E-state index contributed by atoms with van der Waals surface area (Å²) in [6.45, 7) is 10.4. The highest BCUT2D eigenvalue weighted by Gasteiger charge is 2.41. The van der Waals surface area contributed by atoms with E-state index in [2.05, 4.69) is 27.7 Å². The van der Waals surface area contributed by atoms with Gasteiger partial charge in [0.1, 0.15) is 5.78 Å². The average Bonchev–Trinajstić information content (AvgIpc) is 2.85. The van der Waals surface area contributed by atoms with Crippen LogP contribution in [0.2, 0.25) is 0 Å². The number of ketones is 1. The van der Waals surface area contributed by atoms with E-state index >= 15 is 0 Å². The molecule has 0 amide bonds. The number of Topliss-reactive ketones (excluding diaryl/α,β-unsaturated/α-hetero) is 1. The minimum atomic E-state index is 0.326. The fourth-order valence-electron chi connectivity index (χ4n) is 8.12. The third-order valence-electron chi connectivity index (χ3n) is 10.7. The first kappa shape index (κ1) is 26.6. The fraction of sp³-hybridized carbons (Fsp3) is 0.968. The van der Waals surface area contributed by atoms with E-state index in [0.29, 0.717) is 41.3 Å². The summed E-state index contributed by atoms with van der Waals surface area (Å²) in [4.78, 5) is 13.0. The molecule has 0 aliphatic heterocycles. The van der Waals surface area contributed by atoms with Gasteiger partial charge in [0.15, 0.2) is 0 Å². The number of carbonyl (C=O) groups is 1. The monoisotopic (exact) mass is 474 g/mol. The molecule has 0 heterocycles. The third-order valence-corrected chi connectivity index (χ3v) is 10.7. The lowest BCUT2D eigenvalue weighted by Gasteiger charge is -2.47. The molecule has 0 aromatic rings. The van der Waals surface area contributed by atoms with Crippen molar-refractivity contribution >= 4 is 5.78 Å². The summed E-state index contributed by atoms with van der Waals surface area (Å²) in [6, 6.07) is 0. The Labute approximate surface area is 210 Å². The third kappa shape index (κ3) is 6.67. The van der Waals surface area contributed by atoms with Gasteiger partial charge in [-0.2, -0.15) is 0 Å². The van der Waals surface area contributed by atoms with Crippen LogP contribution in [0.5, 0.6) is 0 Å². The molecule has 0 unspecified atom stereocenters. The first-order valence-electron chi connectivity index (χ1n) is 15.2. The van der Waals surface area contributed by atoms with Crippen LogP contribution in [-0.2, 0) is 14.3 Å². The highest BCUT2D eigenvalue weighted by molar-refractivity contribution is 5.83. The standard InChI is InChI=1S/C31H54O3/c1-5-33-27-18-12-25(13-19-27)31(3,4)26-14-20-29(21-15-26)34-28-16-10-24(11-17-28)30(32)23-8-6-22(2)7-9-23/h22-29H,5-21H2,1-4H3. The maximum absolute atomic E-state index is 13.0. The molecular formula is C31H54O3. The van der Waals surface area contributed by atoms with Gasteiger partial charge in [-0.3, -0.25) is 4.79 Å². The fourth-order valence-corrected chi connectivity index (χ4v) is 8.12. The van der Waals surface area contributed by atoms with Crippen molar-refractivity contribution in [1.82, 2.24) is 0 Å². The van der Waals surface area contributed by atoms with Crippen LogP contribution in [0.25, 0.3) is 0 Å². The predicted molar refractivity (Wildman–Crippen MR) is 140 cm³/mol. The van der Waals surface area contributed by atoms with Gasteiger partial charge in [0.2, 0.25) is 0 Å².